The van der Waals surface area contributed by atoms with Crippen molar-refractivity contribution >= 4 is 27.5 Å². The lowest BCUT2D eigenvalue weighted by Crippen LogP contribution is -2.61. The van der Waals surface area contributed by atoms with Gasteiger partial charge in [-0.05, 0) is 45.2 Å². The summed E-state index contributed by atoms with van der Waals surface area (Å²) in [7, 11) is -3.39. The van der Waals surface area contributed by atoms with Crippen molar-refractivity contribution in [1.82, 2.24) is 9.21 Å². The second kappa shape index (κ2) is 7.40. The number of rotatable bonds is 3. The molecule has 1 aromatic carbocycles. The van der Waals surface area contributed by atoms with Gasteiger partial charge in [0.05, 0.1) is 5.69 Å². The van der Waals surface area contributed by atoms with Gasteiger partial charge in [0.15, 0.2) is 0 Å². The van der Waals surface area contributed by atoms with Crippen molar-refractivity contribution in [2.24, 2.45) is 10.9 Å². The summed E-state index contributed by atoms with van der Waals surface area (Å²) in [6.07, 6.45) is 2.03. The van der Waals surface area contributed by atoms with E-state index in [2.05, 4.69) is 6.07 Å². The minimum atomic E-state index is -3.39. The van der Waals surface area contributed by atoms with Crippen LogP contribution in [0, 0.1) is 5.92 Å². The molecule has 3 aliphatic rings. The molecule has 0 saturated carbocycles. The number of fused-ring (bicyclic) bond motifs is 1. The molecule has 1 amide bonds. The average molecular weight is 420 g/mol. The highest BCUT2D eigenvalue weighted by Crippen LogP contribution is 2.33. The lowest BCUT2D eigenvalue weighted by molar-refractivity contribution is 0.0135. The molecule has 0 aromatic heterocycles. The third kappa shape index (κ3) is 4.19. The van der Waals surface area contributed by atoms with Crippen LogP contribution in [0.2, 0.25) is 0 Å². The normalized spacial score (nSPS) is 21.5. The van der Waals surface area contributed by atoms with Crippen LogP contribution >= 0.6 is 0 Å². The Balaban J connectivity index is 1.30. The lowest BCUT2D eigenvalue weighted by atomic mass is 9.90. The van der Waals surface area contributed by atoms with Gasteiger partial charge in [0.2, 0.25) is 10.0 Å². The van der Waals surface area contributed by atoms with E-state index in [0.29, 0.717) is 19.0 Å². The first-order valence-electron chi connectivity index (χ1n) is 10.3. The highest BCUT2D eigenvalue weighted by Gasteiger charge is 2.45. The molecule has 1 aromatic rings. The highest BCUT2D eigenvalue weighted by molar-refractivity contribution is 7.89. The smallest absolute Gasteiger partial charge is 0.410 e. The number of amides is 1. The molecule has 158 valence electrons. The molecule has 7 nitrogen and oxygen atoms in total. The van der Waals surface area contributed by atoms with Crippen molar-refractivity contribution in [3.63, 3.8) is 0 Å². The van der Waals surface area contributed by atoms with Crippen molar-refractivity contribution in [1.29, 1.82) is 0 Å². The van der Waals surface area contributed by atoms with Gasteiger partial charge in [0.25, 0.3) is 0 Å². The Labute approximate surface area is 172 Å². The van der Waals surface area contributed by atoms with Crippen molar-refractivity contribution in [2.75, 3.05) is 26.2 Å². The topological polar surface area (TPSA) is 79.3 Å². The molecule has 0 atom stereocenters. The number of sulfonamides is 1. The zero-order valence-corrected chi connectivity index (χ0v) is 18.1. The highest BCUT2D eigenvalue weighted by atomic mass is 32.2. The van der Waals surface area contributed by atoms with Crippen LogP contribution < -0.4 is 0 Å². The number of carbonyl (C=O) groups is 1. The van der Waals surface area contributed by atoms with Gasteiger partial charge in [0, 0.05) is 44.2 Å². The van der Waals surface area contributed by atoms with Crippen LogP contribution in [0.25, 0.3) is 0 Å². The van der Waals surface area contributed by atoms with Gasteiger partial charge in [-0.2, -0.15) is 0 Å². The molecule has 2 saturated heterocycles. The maximum atomic E-state index is 12.9. The number of benzene rings is 1. The number of nitrogens with zero attached hydrogens (tertiary/aromatic N) is 3. The van der Waals surface area contributed by atoms with Crippen LogP contribution in [0.15, 0.2) is 29.3 Å². The SMILES string of the molecule is CC(C)(C)OC(=O)N1CC(S(=O)(=O)N2CCC(C3=Nc4ccccc4C3)CC2)C1. The molecule has 0 aliphatic carbocycles. The van der Waals surface area contributed by atoms with E-state index in [9.17, 15) is 13.2 Å². The monoisotopic (exact) mass is 419 g/mol. The predicted molar refractivity (Wildman–Crippen MR) is 112 cm³/mol. The second-order valence-electron chi connectivity index (χ2n) is 9.13. The zero-order chi connectivity index (χ0) is 20.8. The largest absolute Gasteiger partial charge is 0.444 e. The summed E-state index contributed by atoms with van der Waals surface area (Å²) in [6, 6.07) is 8.18. The molecule has 8 heteroatoms. The fourth-order valence-corrected chi connectivity index (χ4v) is 6.03. The minimum absolute atomic E-state index is 0.208. The zero-order valence-electron chi connectivity index (χ0n) is 17.3. The van der Waals surface area contributed by atoms with Crippen LogP contribution in [0.1, 0.15) is 39.2 Å². The Morgan fingerprint density at radius 1 is 1.14 bits per heavy atom. The van der Waals surface area contributed by atoms with Crippen LogP contribution in [0.5, 0.6) is 0 Å². The number of aliphatic imine (C=N–C) groups is 1. The third-order valence-electron chi connectivity index (χ3n) is 5.83. The Kier molecular flexibility index (Phi) is 5.19. The van der Waals surface area contributed by atoms with Crippen molar-refractivity contribution < 1.29 is 17.9 Å². The molecule has 0 radical (unpaired) electrons. The van der Waals surface area contributed by atoms with E-state index in [1.54, 1.807) is 25.1 Å². The first-order chi connectivity index (χ1) is 13.6. The third-order valence-corrected chi connectivity index (χ3v) is 8.06. The van der Waals surface area contributed by atoms with Crippen LogP contribution in [-0.4, -0.2) is 66.5 Å². The van der Waals surface area contributed by atoms with Crippen LogP contribution in [0.3, 0.4) is 0 Å². The van der Waals surface area contributed by atoms with E-state index in [-0.39, 0.29) is 13.1 Å². The quantitative estimate of drug-likeness (QED) is 0.754. The number of carbonyl (C=O) groups excluding carboxylic acids is 1. The first-order valence-corrected chi connectivity index (χ1v) is 11.8. The molecular formula is C21H29N3O4S. The molecule has 4 rings (SSSR count). The van der Waals surface area contributed by atoms with Crippen molar-refractivity contribution in [3.8, 4) is 0 Å². The fraction of sp³-hybridized carbons (Fsp3) is 0.619. The van der Waals surface area contributed by atoms with Gasteiger partial charge < -0.3 is 9.64 Å². The summed E-state index contributed by atoms with van der Waals surface area (Å²) >= 11 is 0. The second-order valence-corrected chi connectivity index (χ2v) is 11.3. The number of hydrogen-bond acceptors (Lipinski definition) is 5. The van der Waals surface area contributed by atoms with Gasteiger partial charge >= 0.3 is 6.09 Å². The van der Waals surface area contributed by atoms with E-state index >= 15 is 0 Å². The van der Waals surface area contributed by atoms with Gasteiger partial charge in [-0.3, -0.25) is 4.99 Å². The molecule has 3 aliphatic heterocycles. The summed E-state index contributed by atoms with van der Waals surface area (Å²) in [5.74, 6) is 0.341. The van der Waals surface area contributed by atoms with E-state index in [0.717, 1.165) is 24.9 Å². The molecular weight excluding hydrogens is 390 g/mol. The number of hydrogen-bond donors (Lipinski definition) is 0. The lowest BCUT2D eigenvalue weighted by Gasteiger charge is -2.42. The van der Waals surface area contributed by atoms with E-state index < -0.39 is 27.0 Å². The Morgan fingerprint density at radius 2 is 1.79 bits per heavy atom. The predicted octanol–water partition coefficient (Wildman–Crippen LogP) is 2.98. The summed E-state index contributed by atoms with van der Waals surface area (Å²) in [6.45, 7) is 6.86. The Morgan fingerprint density at radius 3 is 2.41 bits per heavy atom. The van der Waals surface area contributed by atoms with E-state index in [4.69, 9.17) is 9.73 Å². The van der Waals surface area contributed by atoms with E-state index in [1.165, 1.54) is 16.2 Å². The number of para-hydroxylation sites is 1. The van der Waals surface area contributed by atoms with Gasteiger partial charge in [-0.25, -0.2) is 17.5 Å². The average Bonchev–Trinajstić information content (AvgIpc) is 3.03. The van der Waals surface area contributed by atoms with Crippen LogP contribution in [-0.2, 0) is 21.2 Å². The molecule has 0 bridgehead atoms. The number of piperidine rings is 1. The first kappa shape index (κ1) is 20.3. The maximum absolute atomic E-state index is 12.9. The summed E-state index contributed by atoms with van der Waals surface area (Å²) < 4.78 is 32.8. The van der Waals surface area contributed by atoms with Crippen molar-refractivity contribution in [3.05, 3.63) is 29.8 Å². The molecule has 3 heterocycles. The van der Waals surface area contributed by atoms with Gasteiger partial charge in [-0.1, -0.05) is 18.2 Å². The fourth-order valence-electron chi connectivity index (χ4n) is 4.15. The van der Waals surface area contributed by atoms with E-state index in [1.807, 2.05) is 18.2 Å². The van der Waals surface area contributed by atoms with Crippen LogP contribution in [0.4, 0.5) is 10.5 Å². The summed E-state index contributed by atoms with van der Waals surface area (Å²) in [5, 5.41) is -0.528. The number of ether oxygens (including phenoxy) is 1. The van der Waals surface area contributed by atoms with Crippen molar-refractivity contribution in [2.45, 2.75) is 50.9 Å². The molecule has 0 unspecified atom stereocenters. The Hall–Kier alpha value is -1.93. The minimum Gasteiger partial charge on any atom is -0.444 e. The van der Waals surface area contributed by atoms with Gasteiger partial charge in [-0.15, -0.1) is 0 Å². The molecule has 29 heavy (non-hydrogen) atoms. The van der Waals surface area contributed by atoms with Gasteiger partial charge in [0.1, 0.15) is 10.9 Å². The standard InChI is InChI=1S/C21H29N3O4S/c1-21(2,3)28-20(25)23-13-17(14-23)29(26,27)24-10-8-15(9-11-24)19-12-16-6-4-5-7-18(16)22-19/h4-7,15,17H,8-14H2,1-3H3. The maximum Gasteiger partial charge on any atom is 0.410 e. The number of likely N-dealkylation sites (tertiary alicyclic amines) is 1. The summed E-state index contributed by atoms with van der Waals surface area (Å²) in [4.78, 5) is 18.3. The molecule has 2 fully saturated rings. The molecule has 0 spiro atoms. The summed E-state index contributed by atoms with van der Waals surface area (Å²) in [5.41, 5.74) is 2.91. The molecule has 0 N–H and O–H groups in total. The Bertz CT molecular complexity index is 921.